The van der Waals surface area contributed by atoms with Crippen LogP contribution in [0, 0.1) is 5.92 Å². The number of benzene rings is 3. The number of halogens is 5. The molecule has 0 aliphatic carbocycles. The first kappa shape index (κ1) is 34.2. The van der Waals surface area contributed by atoms with E-state index in [1.165, 1.54) is 4.90 Å². The van der Waals surface area contributed by atoms with E-state index in [0.29, 0.717) is 27.5 Å². The van der Waals surface area contributed by atoms with Crippen molar-refractivity contribution >= 4 is 50.7 Å². The summed E-state index contributed by atoms with van der Waals surface area (Å²) in [5.41, 5.74) is -0.353. The van der Waals surface area contributed by atoms with Gasteiger partial charge in [-0.25, -0.2) is 8.42 Å². The summed E-state index contributed by atoms with van der Waals surface area (Å²) in [4.78, 5) is 28.9. The van der Waals surface area contributed by atoms with Crippen molar-refractivity contribution in [3.63, 3.8) is 0 Å². The number of amides is 2. The van der Waals surface area contributed by atoms with Crippen molar-refractivity contribution in [1.82, 2.24) is 10.2 Å². The number of sulfonamides is 1. The second kappa shape index (κ2) is 14.5. The van der Waals surface area contributed by atoms with Crippen LogP contribution in [0.4, 0.5) is 18.9 Å². The van der Waals surface area contributed by atoms with Crippen molar-refractivity contribution < 1.29 is 31.2 Å². The Morgan fingerprint density at radius 2 is 1.58 bits per heavy atom. The lowest BCUT2D eigenvalue weighted by Gasteiger charge is -2.33. The number of nitrogens with zero attached hydrogens (tertiary/aromatic N) is 2. The molecule has 0 aliphatic rings. The van der Waals surface area contributed by atoms with Crippen LogP contribution in [-0.2, 0) is 38.8 Å². The molecule has 0 unspecified atom stereocenters. The van der Waals surface area contributed by atoms with Gasteiger partial charge in [0.05, 0.1) is 22.5 Å². The molecule has 0 heterocycles. The third-order valence-electron chi connectivity index (χ3n) is 6.42. The minimum atomic E-state index is -4.87. The summed E-state index contributed by atoms with van der Waals surface area (Å²) in [6.07, 6.45) is -4.00. The zero-order chi connectivity index (χ0) is 31.9. The lowest BCUT2D eigenvalue weighted by atomic mass is 10.0. The van der Waals surface area contributed by atoms with Crippen LogP contribution in [0.25, 0.3) is 0 Å². The third-order valence-corrected chi connectivity index (χ3v) is 8.13. The van der Waals surface area contributed by atoms with Gasteiger partial charge < -0.3 is 10.2 Å². The standard InChI is InChI=1S/C30H32Cl2F3N3O4S/c1-20(2)17-36-29(40)27(15-21-8-5-4-6-9-21)37(18-22-10-7-11-23(31)14-22)28(39)19-38(43(3,41)42)24-12-13-26(32)25(16-24)30(33,34)35/h4-14,16,20,27H,15,17-19H2,1-3H3,(H,36,40)/t27-/m1/s1. The number of carbonyl (C=O) groups excluding carboxylic acids is 2. The van der Waals surface area contributed by atoms with Crippen LogP contribution in [0.15, 0.2) is 72.8 Å². The molecular weight excluding hydrogens is 626 g/mol. The molecule has 43 heavy (non-hydrogen) atoms. The lowest BCUT2D eigenvalue weighted by Crippen LogP contribution is -2.53. The summed E-state index contributed by atoms with van der Waals surface area (Å²) < 4.78 is 67.1. The van der Waals surface area contributed by atoms with Gasteiger partial charge in [0.25, 0.3) is 0 Å². The molecule has 232 valence electrons. The zero-order valence-corrected chi connectivity index (χ0v) is 26.1. The molecule has 0 saturated heterocycles. The second-order valence-electron chi connectivity index (χ2n) is 10.4. The van der Waals surface area contributed by atoms with Gasteiger partial charge in [-0.1, -0.05) is 79.5 Å². The van der Waals surface area contributed by atoms with Gasteiger partial charge in [-0.15, -0.1) is 0 Å². The fourth-order valence-corrected chi connectivity index (χ4v) is 5.59. The van der Waals surface area contributed by atoms with Gasteiger partial charge in [0.15, 0.2) is 0 Å². The van der Waals surface area contributed by atoms with Gasteiger partial charge >= 0.3 is 6.18 Å². The van der Waals surface area contributed by atoms with E-state index in [1.54, 1.807) is 54.6 Å². The maximum absolute atomic E-state index is 14.0. The highest BCUT2D eigenvalue weighted by Crippen LogP contribution is 2.37. The first-order valence-corrected chi connectivity index (χ1v) is 15.9. The minimum absolute atomic E-state index is 0.0924. The van der Waals surface area contributed by atoms with Crippen molar-refractivity contribution in [1.29, 1.82) is 0 Å². The number of rotatable bonds is 12. The first-order valence-electron chi connectivity index (χ1n) is 13.3. The molecule has 0 aromatic heterocycles. The minimum Gasteiger partial charge on any atom is -0.354 e. The van der Waals surface area contributed by atoms with Gasteiger partial charge in [-0.05, 0) is 47.4 Å². The number of alkyl halides is 3. The highest BCUT2D eigenvalue weighted by Gasteiger charge is 2.36. The van der Waals surface area contributed by atoms with Crippen LogP contribution in [0.5, 0.6) is 0 Å². The Morgan fingerprint density at radius 3 is 2.16 bits per heavy atom. The molecule has 13 heteroatoms. The van der Waals surface area contributed by atoms with Crippen molar-refractivity contribution in [3.05, 3.63) is 99.5 Å². The fraction of sp³-hybridized carbons (Fsp3) is 0.333. The van der Waals surface area contributed by atoms with Crippen LogP contribution in [0.1, 0.15) is 30.5 Å². The van der Waals surface area contributed by atoms with Gasteiger partial charge in [-0.2, -0.15) is 13.2 Å². The van der Waals surface area contributed by atoms with E-state index >= 15 is 0 Å². The van der Waals surface area contributed by atoms with Crippen molar-refractivity contribution in [2.75, 3.05) is 23.7 Å². The molecular formula is C30H32Cl2F3N3O4S. The van der Waals surface area contributed by atoms with E-state index in [4.69, 9.17) is 23.2 Å². The number of hydrogen-bond donors (Lipinski definition) is 1. The SMILES string of the molecule is CC(C)CNC(=O)[C@@H](Cc1ccccc1)N(Cc1cccc(Cl)c1)C(=O)CN(c1ccc(Cl)c(C(F)(F)F)c1)S(C)(=O)=O. The normalized spacial score (nSPS) is 12.6. The van der Waals surface area contributed by atoms with Crippen LogP contribution in [-0.4, -0.2) is 50.5 Å². The predicted molar refractivity (Wildman–Crippen MR) is 162 cm³/mol. The van der Waals surface area contributed by atoms with Crippen molar-refractivity contribution in [3.8, 4) is 0 Å². The molecule has 0 bridgehead atoms. The summed E-state index contributed by atoms with van der Waals surface area (Å²) in [5, 5.41) is 2.61. The monoisotopic (exact) mass is 657 g/mol. The Labute approximate surface area is 259 Å². The number of hydrogen-bond acceptors (Lipinski definition) is 4. The van der Waals surface area contributed by atoms with Crippen LogP contribution in [0.3, 0.4) is 0 Å². The number of nitrogens with one attached hydrogen (secondary N) is 1. The van der Waals surface area contributed by atoms with Crippen LogP contribution in [0.2, 0.25) is 10.0 Å². The third kappa shape index (κ3) is 9.87. The largest absolute Gasteiger partial charge is 0.417 e. The van der Waals surface area contributed by atoms with E-state index in [0.717, 1.165) is 24.0 Å². The number of carbonyl (C=O) groups is 2. The lowest BCUT2D eigenvalue weighted by molar-refractivity contribution is -0.140. The summed E-state index contributed by atoms with van der Waals surface area (Å²) >= 11 is 11.9. The van der Waals surface area contributed by atoms with E-state index < -0.39 is 56.9 Å². The van der Waals surface area contributed by atoms with Crippen LogP contribution >= 0.6 is 23.2 Å². The van der Waals surface area contributed by atoms with E-state index in [2.05, 4.69) is 5.32 Å². The Morgan fingerprint density at radius 1 is 0.930 bits per heavy atom. The van der Waals surface area contributed by atoms with Gasteiger partial charge in [0.2, 0.25) is 21.8 Å². The van der Waals surface area contributed by atoms with E-state index in [9.17, 15) is 31.2 Å². The molecule has 3 aromatic rings. The Bertz CT molecular complexity index is 1540. The second-order valence-corrected chi connectivity index (χ2v) is 13.2. The smallest absolute Gasteiger partial charge is 0.354 e. The van der Waals surface area contributed by atoms with Gasteiger partial charge in [0.1, 0.15) is 12.6 Å². The topological polar surface area (TPSA) is 86.8 Å². The first-order chi connectivity index (χ1) is 20.1. The molecule has 0 spiro atoms. The zero-order valence-electron chi connectivity index (χ0n) is 23.7. The highest BCUT2D eigenvalue weighted by atomic mass is 35.5. The molecule has 1 atom stereocenters. The summed E-state index contributed by atoms with van der Waals surface area (Å²) in [5.74, 6) is -1.17. The highest BCUT2D eigenvalue weighted by molar-refractivity contribution is 7.92. The quantitative estimate of drug-likeness (QED) is 0.252. The summed E-state index contributed by atoms with van der Waals surface area (Å²) in [7, 11) is -4.27. The molecule has 1 N–H and O–H groups in total. The maximum Gasteiger partial charge on any atom is 0.417 e. The fourth-order valence-electron chi connectivity index (χ4n) is 4.31. The predicted octanol–water partition coefficient (Wildman–Crippen LogP) is 6.19. The molecule has 2 amide bonds. The molecule has 7 nitrogen and oxygen atoms in total. The molecule has 0 aliphatic heterocycles. The maximum atomic E-state index is 14.0. The Kier molecular flexibility index (Phi) is 11.5. The number of anilines is 1. The summed E-state index contributed by atoms with van der Waals surface area (Å²) in [6, 6.07) is 17.1. The van der Waals surface area contributed by atoms with Gasteiger partial charge in [-0.3, -0.25) is 13.9 Å². The average molecular weight is 659 g/mol. The van der Waals surface area contributed by atoms with Crippen molar-refractivity contribution in [2.45, 2.75) is 39.0 Å². The molecule has 0 fully saturated rings. The Balaban J connectivity index is 2.09. The summed E-state index contributed by atoms with van der Waals surface area (Å²) in [6.45, 7) is 3.14. The average Bonchev–Trinajstić information content (AvgIpc) is 2.92. The van der Waals surface area contributed by atoms with Crippen LogP contribution < -0.4 is 9.62 Å². The van der Waals surface area contributed by atoms with E-state index in [-0.39, 0.29) is 18.9 Å². The molecule has 0 radical (unpaired) electrons. The van der Waals surface area contributed by atoms with E-state index in [1.807, 2.05) is 13.8 Å². The molecule has 3 rings (SSSR count). The van der Waals surface area contributed by atoms with Gasteiger partial charge in [0, 0.05) is 24.5 Å². The molecule has 0 saturated carbocycles. The van der Waals surface area contributed by atoms with Crippen molar-refractivity contribution in [2.24, 2.45) is 5.92 Å². The molecule has 3 aromatic carbocycles. The Hall–Kier alpha value is -3.28.